The molecule has 0 atom stereocenters. The minimum Gasteiger partial charge on any atom is -0.336 e. The lowest BCUT2D eigenvalue weighted by molar-refractivity contribution is -0.155. The topological polar surface area (TPSA) is 66.6 Å². The van der Waals surface area contributed by atoms with Crippen LogP contribution in [0.5, 0.6) is 0 Å². The number of nitrogens with zero attached hydrogens (tertiary/aromatic N) is 2. The number of rotatable bonds is 3. The first-order valence-corrected chi connectivity index (χ1v) is 5.12. The highest BCUT2D eigenvalue weighted by Crippen LogP contribution is 2.16. The Balaban J connectivity index is 2.65. The molecule has 86 valence electrons. The maximum Gasteiger partial charge on any atom is 0.312 e. The zero-order chi connectivity index (χ0) is 11.6. The molecule has 0 aromatic heterocycles. The molecule has 1 aliphatic rings. The summed E-state index contributed by atoms with van der Waals surface area (Å²) in [6, 6.07) is 0. The van der Waals surface area contributed by atoms with Crippen LogP contribution in [0.25, 0.3) is 0 Å². The van der Waals surface area contributed by atoms with Crippen molar-refractivity contribution in [3.05, 3.63) is 0 Å². The van der Waals surface area contributed by atoms with E-state index < -0.39 is 11.8 Å². The molecule has 1 rings (SSSR count). The van der Waals surface area contributed by atoms with Gasteiger partial charge in [0.15, 0.2) is 0 Å². The SMILES string of the molecule is CN1CCN(CC(C)(C)CN)C(=O)C1=O. The van der Waals surface area contributed by atoms with Crippen LogP contribution in [0.1, 0.15) is 13.8 Å². The number of hydrogen-bond donors (Lipinski definition) is 1. The summed E-state index contributed by atoms with van der Waals surface area (Å²) in [7, 11) is 1.64. The molecule has 5 nitrogen and oxygen atoms in total. The Bertz CT molecular complexity index is 276. The van der Waals surface area contributed by atoms with Crippen molar-refractivity contribution in [2.24, 2.45) is 11.1 Å². The molecule has 0 aromatic carbocycles. The van der Waals surface area contributed by atoms with Crippen molar-refractivity contribution in [1.29, 1.82) is 0 Å². The summed E-state index contributed by atoms with van der Waals surface area (Å²) in [5, 5.41) is 0. The van der Waals surface area contributed by atoms with Crippen molar-refractivity contribution in [3.8, 4) is 0 Å². The number of nitrogens with two attached hydrogens (primary N) is 1. The van der Waals surface area contributed by atoms with E-state index in [-0.39, 0.29) is 5.41 Å². The van der Waals surface area contributed by atoms with E-state index in [1.165, 1.54) is 4.90 Å². The van der Waals surface area contributed by atoms with Crippen LogP contribution in [0.4, 0.5) is 0 Å². The van der Waals surface area contributed by atoms with Gasteiger partial charge in [0.2, 0.25) is 0 Å². The number of carbonyl (C=O) groups excluding carboxylic acids is 2. The highest BCUT2D eigenvalue weighted by atomic mass is 16.2. The zero-order valence-corrected chi connectivity index (χ0v) is 9.62. The van der Waals surface area contributed by atoms with Gasteiger partial charge in [0, 0.05) is 26.7 Å². The second kappa shape index (κ2) is 4.18. The Labute approximate surface area is 90.2 Å². The van der Waals surface area contributed by atoms with Crippen LogP contribution >= 0.6 is 0 Å². The molecule has 2 N–H and O–H groups in total. The summed E-state index contributed by atoms with van der Waals surface area (Å²) in [5.74, 6) is -0.834. The van der Waals surface area contributed by atoms with Gasteiger partial charge in [0.05, 0.1) is 0 Å². The van der Waals surface area contributed by atoms with Gasteiger partial charge in [-0.05, 0) is 12.0 Å². The van der Waals surface area contributed by atoms with Crippen molar-refractivity contribution in [1.82, 2.24) is 9.80 Å². The van der Waals surface area contributed by atoms with E-state index in [2.05, 4.69) is 0 Å². The highest BCUT2D eigenvalue weighted by Gasteiger charge is 2.33. The van der Waals surface area contributed by atoms with Crippen LogP contribution in [0.15, 0.2) is 0 Å². The Morgan fingerprint density at radius 1 is 1.27 bits per heavy atom. The summed E-state index contributed by atoms with van der Waals surface area (Å²) >= 11 is 0. The molecule has 1 heterocycles. The van der Waals surface area contributed by atoms with E-state index in [4.69, 9.17) is 5.73 Å². The molecular formula is C10H19N3O2. The van der Waals surface area contributed by atoms with E-state index in [1.54, 1.807) is 11.9 Å². The molecule has 0 aromatic rings. The maximum absolute atomic E-state index is 11.6. The Hall–Kier alpha value is -1.10. The first-order chi connectivity index (χ1) is 6.87. The summed E-state index contributed by atoms with van der Waals surface area (Å²) in [5.41, 5.74) is 5.46. The van der Waals surface area contributed by atoms with Gasteiger partial charge in [0.1, 0.15) is 0 Å². The monoisotopic (exact) mass is 213 g/mol. The summed E-state index contributed by atoms with van der Waals surface area (Å²) in [6.45, 7) is 6.23. The third kappa shape index (κ3) is 2.68. The maximum atomic E-state index is 11.6. The fraction of sp³-hybridized carbons (Fsp3) is 0.800. The lowest BCUT2D eigenvalue weighted by atomic mass is 9.93. The fourth-order valence-corrected chi connectivity index (χ4v) is 1.50. The van der Waals surface area contributed by atoms with Crippen molar-refractivity contribution in [3.63, 3.8) is 0 Å². The second-order valence-corrected chi connectivity index (χ2v) is 4.82. The molecular weight excluding hydrogens is 194 g/mol. The van der Waals surface area contributed by atoms with E-state index in [0.717, 1.165) is 0 Å². The van der Waals surface area contributed by atoms with Crippen LogP contribution < -0.4 is 5.73 Å². The molecule has 0 saturated carbocycles. The van der Waals surface area contributed by atoms with Gasteiger partial charge < -0.3 is 15.5 Å². The Morgan fingerprint density at radius 2 is 1.87 bits per heavy atom. The van der Waals surface area contributed by atoms with Crippen LogP contribution in [-0.4, -0.2) is 54.8 Å². The average molecular weight is 213 g/mol. The molecule has 1 fully saturated rings. The molecule has 2 amide bonds. The van der Waals surface area contributed by atoms with Crippen molar-refractivity contribution in [2.45, 2.75) is 13.8 Å². The third-order valence-electron chi connectivity index (χ3n) is 2.69. The fourth-order valence-electron chi connectivity index (χ4n) is 1.50. The lowest BCUT2D eigenvalue weighted by Gasteiger charge is -2.36. The second-order valence-electron chi connectivity index (χ2n) is 4.82. The van der Waals surface area contributed by atoms with Gasteiger partial charge in [-0.3, -0.25) is 9.59 Å². The number of hydrogen-bond acceptors (Lipinski definition) is 3. The molecule has 1 saturated heterocycles. The van der Waals surface area contributed by atoms with E-state index in [1.807, 2.05) is 13.8 Å². The highest BCUT2D eigenvalue weighted by molar-refractivity contribution is 6.35. The third-order valence-corrected chi connectivity index (χ3v) is 2.69. The Morgan fingerprint density at radius 3 is 2.40 bits per heavy atom. The largest absolute Gasteiger partial charge is 0.336 e. The minimum atomic E-state index is -0.422. The molecule has 0 bridgehead atoms. The Kier molecular flexibility index (Phi) is 3.34. The van der Waals surface area contributed by atoms with Gasteiger partial charge in [-0.2, -0.15) is 0 Å². The average Bonchev–Trinajstić information content (AvgIpc) is 2.19. The predicted octanol–water partition coefficient (Wildman–Crippen LogP) is -0.728. The summed E-state index contributed by atoms with van der Waals surface area (Å²) in [4.78, 5) is 26.1. The lowest BCUT2D eigenvalue weighted by Crippen LogP contribution is -2.55. The number of amides is 2. The number of piperazine rings is 1. The van der Waals surface area contributed by atoms with Gasteiger partial charge in [0.25, 0.3) is 0 Å². The minimum absolute atomic E-state index is 0.133. The smallest absolute Gasteiger partial charge is 0.312 e. The van der Waals surface area contributed by atoms with Crippen molar-refractivity contribution < 1.29 is 9.59 Å². The van der Waals surface area contributed by atoms with Crippen LogP contribution in [-0.2, 0) is 9.59 Å². The molecule has 0 spiro atoms. The predicted molar refractivity (Wildman–Crippen MR) is 57.1 cm³/mol. The van der Waals surface area contributed by atoms with Crippen molar-refractivity contribution in [2.75, 3.05) is 33.2 Å². The van der Waals surface area contributed by atoms with E-state index in [0.29, 0.717) is 26.2 Å². The summed E-state index contributed by atoms with van der Waals surface area (Å²) in [6.07, 6.45) is 0. The normalized spacial score (nSPS) is 18.7. The molecule has 0 radical (unpaired) electrons. The zero-order valence-electron chi connectivity index (χ0n) is 9.62. The molecule has 5 heteroatoms. The van der Waals surface area contributed by atoms with Crippen LogP contribution in [0, 0.1) is 5.41 Å². The van der Waals surface area contributed by atoms with E-state index >= 15 is 0 Å². The molecule has 1 aliphatic heterocycles. The standard InChI is InChI=1S/C10H19N3O2/c1-10(2,6-11)7-13-5-4-12(3)8(14)9(13)15/h4-7,11H2,1-3H3. The number of carbonyl (C=O) groups is 2. The van der Waals surface area contributed by atoms with Crippen LogP contribution in [0.3, 0.4) is 0 Å². The first-order valence-electron chi connectivity index (χ1n) is 5.12. The number of likely N-dealkylation sites (N-methyl/N-ethyl adjacent to an activating group) is 1. The van der Waals surface area contributed by atoms with Crippen molar-refractivity contribution >= 4 is 11.8 Å². The van der Waals surface area contributed by atoms with Gasteiger partial charge in [-0.1, -0.05) is 13.8 Å². The molecule has 0 unspecified atom stereocenters. The quantitative estimate of drug-likeness (QED) is 0.629. The molecule has 0 aliphatic carbocycles. The molecule has 15 heavy (non-hydrogen) atoms. The van der Waals surface area contributed by atoms with Gasteiger partial charge in [-0.25, -0.2) is 0 Å². The van der Waals surface area contributed by atoms with Crippen LogP contribution in [0.2, 0.25) is 0 Å². The van der Waals surface area contributed by atoms with E-state index in [9.17, 15) is 9.59 Å². The summed E-state index contributed by atoms with van der Waals surface area (Å²) < 4.78 is 0. The van der Waals surface area contributed by atoms with Gasteiger partial charge in [-0.15, -0.1) is 0 Å². The van der Waals surface area contributed by atoms with Gasteiger partial charge >= 0.3 is 11.8 Å². The first kappa shape index (κ1) is 12.0.